The van der Waals surface area contributed by atoms with Crippen LogP contribution in [0.3, 0.4) is 0 Å². The molecule has 0 amide bonds. The van der Waals surface area contributed by atoms with E-state index in [-0.39, 0.29) is 6.54 Å². The molecule has 0 aliphatic heterocycles. The Kier molecular flexibility index (Phi) is 6.95. The van der Waals surface area contributed by atoms with E-state index < -0.39 is 6.10 Å². The second-order valence-electron chi connectivity index (χ2n) is 8.33. The van der Waals surface area contributed by atoms with Gasteiger partial charge in [0.2, 0.25) is 0 Å². The van der Waals surface area contributed by atoms with Gasteiger partial charge in [0.1, 0.15) is 0 Å². The first-order valence-corrected chi connectivity index (χ1v) is 12.0. The highest BCUT2D eigenvalue weighted by Crippen LogP contribution is 2.36. The number of para-hydroxylation sites is 1. The van der Waals surface area contributed by atoms with Gasteiger partial charge in [-0.25, -0.2) is 0 Å². The molecule has 0 saturated carbocycles. The Balaban J connectivity index is 1.41. The van der Waals surface area contributed by atoms with E-state index >= 15 is 0 Å². The number of hydrogen-bond donors (Lipinski definition) is 4. The van der Waals surface area contributed by atoms with Crippen molar-refractivity contribution in [3.8, 4) is 22.4 Å². The highest BCUT2D eigenvalue weighted by atomic mass is 32.1. The summed E-state index contributed by atoms with van der Waals surface area (Å²) in [6.07, 6.45) is -0.791. The Bertz CT molecular complexity index is 1510. The van der Waals surface area contributed by atoms with E-state index in [2.05, 4.69) is 33.0 Å². The molecule has 6 nitrogen and oxygen atoms in total. The van der Waals surface area contributed by atoms with Crippen LogP contribution in [-0.2, 0) is 0 Å². The lowest BCUT2D eigenvalue weighted by Crippen LogP contribution is -2.20. The third kappa shape index (κ3) is 5.08. The fourth-order valence-corrected chi connectivity index (χ4v) is 4.37. The molecule has 7 heteroatoms. The number of aromatic nitrogens is 2. The summed E-state index contributed by atoms with van der Waals surface area (Å²) >= 11 is 5.58. The first-order valence-electron chi connectivity index (χ1n) is 11.6. The van der Waals surface area contributed by atoms with Crippen molar-refractivity contribution in [2.24, 2.45) is 5.73 Å². The zero-order valence-corrected chi connectivity index (χ0v) is 20.2. The van der Waals surface area contributed by atoms with E-state index in [0.717, 1.165) is 44.4 Å². The Morgan fingerprint density at radius 3 is 2.19 bits per heavy atom. The van der Waals surface area contributed by atoms with Gasteiger partial charge in [-0.3, -0.25) is 0 Å². The standard InChI is InChI=1S/C29H25N5OS/c30-18-27(35)24-17-21-11-5-4-10-20(21)16-23(24)22-12-6-7-13-26(22)31-29(36)32-28-15-14-25(33-34-28)19-8-2-1-3-9-19/h1-17,27,35H,18,30H2,(H2,31,32,34,36). The van der Waals surface area contributed by atoms with Crippen LogP contribution in [0.15, 0.2) is 103 Å². The highest BCUT2D eigenvalue weighted by Gasteiger charge is 2.17. The zero-order valence-electron chi connectivity index (χ0n) is 19.4. The fraction of sp³-hybridized carbons (Fsp3) is 0.0690. The number of rotatable bonds is 6. The van der Waals surface area contributed by atoms with Crippen molar-refractivity contribution < 1.29 is 5.11 Å². The predicted octanol–water partition coefficient (Wildman–Crippen LogP) is 5.76. The van der Waals surface area contributed by atoms with Crippen LogP contribution < -0.4 is 16.4 Å². The Morgan fingerprint density at radius 1 is 0.778 bits per heavy atom. The predicted molar refractivity (Wildman–Crippen MR) is 151 cm³/mol. The SMILES string of the molecule is NCC(O)c1cc2ccccc2cc1-c1ccccc1NC(=S)Nc1ccc(-c2ccccc2)nn1. The molecule has 0 bridgehead atoms. The summed E-state index contributed by atoms with van der Waals surface area (Å²) in [5, 5.41) is 28.2. The highest BCUT2D eigenvalue weighted by molar-refractivity contribution is 7.80. The molecule has 36 heavy (non-hydrogen) atoms. The molecule has 0 saturated heterocycles. The molecule has 0 aliphatic carbocycles. The maximum absolute atomic E-state index is 10.7. The topological polar surface area (TPSA) is 96.1 Å². The van der Waals surface area contributed by atoms with Gasteiger partial charge in [0.15, 0.2) is 10.9 Å². The Hall–Kier alpha value is -4.17. The molecule has 1 unspecified atom stereocenters. The lowest BCUT2D eigenvalue weighted by atomic mass is 9.91. The van der Waals surface area contributed by atoms with Crippen LogP contribution in [0.5, 0.6) is 0 Å². The number of anilines is 2. The van der Waals surface area contributed by atoms with Gasteiger partial charge in [-0.15, -0.1) is 10.2 Å². The maximum atomic E-state index is 10.7. The summed E-state index contributed by atoms with van der Waals surface area (Å²) in [4.78, 5) is 0. The van der Waals surface area contributed by atoms with E-state index in [0.29, 0.717) is 10.9 Å². The normalized spacial score (nSPS) is 11.7. The van der Waals surface area contributed by atoms with Gasteiger partial charge in [-0.1, -0.05) is 72.8 Å². The molecule has 1 aromatic heterocycles. The van der Waals surface area contributed by atoms with Gasteiger partial charge < -0.3 is 21.5 Å². The zero-order chi connectivity index (χ0) is 24.9. The minimum atomic E-state index is -0.791. The van der Waals surface area contributed by atoms with Gasteiger partial charge in [-0.05, 0) is 64.4 Å². The number of nitrogens with zero attached hydrogens (tertiary/aromatic N) is 2. The average Bonchev–Trinajstić information content (AvgIpc) is 2.93. The van der Waals surface area contributed by atoms with Crippen LogP contribution >= 0.6 is 12.2 Å². The summed E-state index contributed by atoms with van der Waals surface area (Å²) in [6, 6.07) is 33.6. The third-order valence-corrected chi connectivity index (χ3v) is 6.15. The number of aliphatic hydroxyl groups is 1. The fourth-order valence-electron chi connectivity index (χ4n) is 4.15. The number of fused-ring (bicyclic) bond motifs is 1. The average molecular weight is 492 g/mol. The van der Waals surface area contributed by atoms with Crippen LogP contribution in [0, 0.1) is 0 Å². The monoisotopic (exact) mass is 491 g/mol. The number of benzene rings is 4. The molecule has 5 rings (SSSR count). The summed E-state index contributed by atoms with van der Waals surface area (Å²) < 4.78 is 0. The molecule has 0 radical (unpaired) electrons. The largest absolute Gasteiger partial charge is 0.387 e. The molecule has 5 N–H and O–H groups in total. The van der Waals surface area contributed by atoms with Crippen LogP contribution in [0.2, 0.25) is 0 Å². The number of nitrogens with one attached hydrogen (secondary N) is 2. The van der Waals surface area contributed by atoms with E-state index in [4.69, 9.17) is 18.0 Å². The van der Waals surface area contributed by atoms with Gasteiger partial charge in [0, 0.05) is 23.4 Å². The Morgan fingerprint density at radius 2 is 1.47 bits per heavy atom. The first-order chi connectivity index (χ1) is 17.6. The van der Waals surface area contributed by atoms with Gasteiger partial charge in [0.25, 0.3) is 0 Å². The van der Waals surface area contributed by atoms with Crippen LogP contribution in [0.1, 0.15) is 11.7 Å². The molecule has 4 aromatic carbocycles. The second kappa shape index (κ2) is 10.6. The smallest absolute Gasteiger partial charge is 0.176 e. The second-order valence-corrected chi connectivity index (χ2v) is 8.74. The van der Waals surface area contributed by atoms with Crippen LogP contribution in [0.25, 0.3) is 33.2 Å². The van der Waals surface area contributed by atoms with Crippen molar-refractivity contribution in [1.29, 1.82) is 0 Å². The number of hydrogen-bond acceptors (Lipinski definition) is 5. The van der Waals surface area contributed by atoms with E-state index in [1.54, 1.807) is 0 Å². The summed E-state index contributed by atoms with van der Waals surface area (Å²) in [6.45, 7) is 0.124. The molecular weight excluding hydrogens is 466 g/mol. The van der Waals surface area contributed by atoms with Crippen LogP contribution in [-0.4, -0.2) is 27.0 Å². The van der Waals surface area contributed by atoms with Crippen molar-refractivity contribution in [3.63, 3.8) is 0 Å². The van der Waals surface area contributed by atoms with Crippen molar-refractivity contribution in [2.45, 2.75) is 6.10 Å². The van der Waals surface area contributed by atoms with Gasteiger partial charge in [0.05, 0.1) is 11.8 Å². The van der Waals surface area contributed by atoms with Crippen molar-refractivity contribution >= 4 is 39.6 Å². The minimum Gasteiger partial charge on any atom is -0.387 e. The van der Waals surface area contributed by atoms with Gasteiger partial charge in [-0.2, -0.15) is 0 Å². The summed E-state index contributed by atoms with van der Waals surface area (Å²) in [7, 11) is 0. The molecule has 178 valence electrons. The molecule has 1 atom stereocenters. The van der Waals surface area contributed by atoms with Crippen molar-refractivity contribution in [1.82, 2.24) is 10.2 Å². The molecule has 5 aromatic rings. The minimum absolute atomic E-state index is 0.124. The van der Waals surface area contributed by atoms with Gasteiger partial charge >= 0.3 is 0 Å². The third-order valence-electron chi connectivity index (χ3n) is 5.94. The molecular formula is C29H25N5OS. The van der Waals surface area contributed by atoms with E-state index in [1.165, 1.54) is 0 Å². The first kappa shape index (κ1) is 23.6. The molecule has 1 heterocycles. The Labute approximate surface area is 214 Å². The summed E-state index contributed by atoms with van der Waals surface area (Å²) in [5.41, 5.74) is 11.0. The van der Waals surface area contributed by atoms with E-state index in [1.807, 2.05) is 91.0 Å². The molecule has 0 fully saturated rings. The summed E-state index contributed by atoms with van der Waals surface area (Å²) in [5.74, 6) is 0.537. The molecule has 0 aliphatic rings. The van der Waals surface area contributed by atoms with Crippen LogP contribution in [0.4, 0.5) is 11.5 Å². The van der Waals surface area contributed by atoms with Crippen molar-refractivity contribution in [3.05, 3.63) is 109 Å². The molecule has 0 spiro atoms. The number of nitrogens with two attached hydrogens (primary N) is 1. The number of aliphatic hydroxyl groups excluding tert-OH is 1. The van der Waals surface area contributed by atoms with Crippen molar-refractivity contribution in [2.75, 3.05) is 17.2 Å². The number of thiocarbonyl (C=S) groups is 1. The quantitative estimate of drug-likeness (QED) is 0.224. The maximum Gasteiger partial charge on any atom is 0.176 e. The lowest BCUT2D eigenvalue weighted by Gasteiger charge is -2.19. The van der Waals surface area contributed by atoms with E-state index in [9.17, 15) is 5.11 Å². The lowest BCUT2D eigenvalue weighted by molar-refractivity contribution is 0.187.